The summed E-state index contributed by atoms with van der Waals surface area (Å²) in [5.74, 6) is 1.31. The Balaban J connectivity index is 1.33. The predicted molar refractivity (Wildman–Crippen MR) is 119 cm³/mol. The van der Waals surface area contributed by atoms with Crippen molar-refractivity contribution in [3.63, 3.8) is 0 Å². The Morgan fingerprint density at radius 3 is 2.71 bits per heavy atom. The van der Waals surface area contributed by atoms with Gasteiger partial charge in [0.05, 0.1) is 6.54 Å². The van der Waals surface area contributed by atoms with Gasteiger partial charge in [0.2, 0.25) is 0 Å². The summed E-state index contributed by atoms with van der Waals surface area (Å²) in [4.78, 5) is 12.6. The first-order valence-electron chi connectivity index (χ1n) is 10.4. The Morgan fingerprint density at radius 1 is 1.06 bits per heavy atom. The van der Waals surface area contributed by atoms with Crippen LogP contribution in [0.15, 0.2) is 83.5 Å². The topological polar surface area (TPSA) is 69.3 Å². The molecule has 2 aromatic heterocycles. The number of aryl methyl sites for hydroxylation is 1. The van der Waals surface area contributed by atoms with Gasteiger partial charge in [0.25, 0.3) is 5.91 Å². The molecule has 6 heteroatoms. The van der Waals surface area contributed by atoms with Gasteiger partial charge >= 0.3 is 0 Å². The van der Waals surface area contributed by atoms with Crippen LogP contribution in [0.2, 0.25) is 0 Å². The van der Waals surface area contributed by atoms with Gasteiger partial charge in [-0.3, -0.25) is 9.48 Å². The summed E-state index contributed by atoms with van der Waals surface area (Å²) in [6, 6.07) is 21.0. The first-order valence-corrected chi connectivity index (χ1v) is 10.4. The zero-order valence-corrected chi connectivity index (χ0v) is 17.5. The number of nitrogens with one attached hydrogen (secondary N) is 1. The van der Waals surface area contributed by atoms with Crippen molar-refractivity contribution >= 4 is 11.6 Å². The minimum absolute atomic E-state index is 0.245. The summed E-state index contributed by atoms with van der Waals surface area (Å²) in [6.07, 6.45) is 5.82. The SMILES string of the molecule is CCCc1ccc(OCc2ccc(C(=O)Nc3cccc(Cn4cccn4)c3)o2)cc1. The van der Waals surface area contributed by atoms with Crippen molar-refractivity contribution in [1.82, 2.24) is 9.78 Å². The molecular weight excluding hydrogens is 390 g/mol. The molecule has 0 aliphatic heterocycles. The molecule has 0 saturated heterocycles. The van der Waals surface area contributed by atoms with Gasteiger partial charge in [-0.25, -0.2) is 0 Å². The molecule has 4 aromatic rings. The zero-order chi connectivity index (χ0) is 21.5. The average Bonchev–Trinajstić information content (AvgIpc) is 3.46. The maximum atomic E-state index is 12.6. The normalized spacial score (nSPS) is 10.7. The van der Waals surface area contributed by atoms with Crippen molar-refractivity contribution in [2.24, 2.45) is 0 Å². The molecule has 0 aliphatic carbocycles. The van der Waals surface area contributed by atoms with Crippen LogP contribution in [0.4, 0.5) is 5.69 Å². The van der Waals surface area contributed by atoms with Crippen molar-refractivity contribution in [2.45, 2.75) is 32.9 Å². The van der Waals surface area contributed by atoms with Crippen LogP contribution in [0.5, 0.6) is 5.75 Å². The Kier molecular flexibility index (Phi) is 6.47. The Hall–Kier alpha value is -3.80. The van der Waals surface area contributed by atoms with Crippen LogP contribution in [0, 0.1) is 0 Å². The molecule has 0 saturated carbocycles. The fourth-order valence-corrected chi connectivity index (χ4v) is 3.29. The van der Waals surface area contributed by atoms with E-state index in [2.05, 4.69) is 29.5 Å². The summed E-state index contributed by atoms with van der Waals surface area (Å²) in [6.45, 7) is 3.06. The number of benzene rings is 2. The molecule has 2 aromatic carbocycles. The highest BCUT2D eigenvalue weighted by Crippen LogP contribution is 2.18. The van der Waals surface area contributed by atoms with Crippen LogP contribution < -0.4 is 10.1 Å². The number of furan rings is 1. The van der Waals surface area contributed by atoms with Gasteiger partial charge in [0, 0.05) is 18.1 Å². The average molecular weight is 415 g/mol. The molecule has 1 N–H and O–H groups in total. The molecule has 6 nitrogen and oxygen atoms in total. The van der Waals surface area contributed by atoms with E-state index < -0.39 is 0 Å². The molecule has 1 amide bonds. The van der Waals surface area contributed by atoms with Crippen molar-refractivity contribution in [2.75, 3.05) is 5.32 Å². The lowest BCUT2D eigenvalue weighted by atomic mass is 10.1. The summed E-state index contributed by atoms with van der Waals surface area (Å²) in [5, 5.41) is 7.09. The number of anilines is 1. The molecule has 4 rings (SSSR count). The van der Waals surface area contributed by atoms with E-state index in [1.165, 1.54) is 5.56 Å². The second-order valence-corrected chi connectivity index (χ2v) is 7.31. The number of amides is 1. The van der Waals surface area contributed by atoms with E-state index in [1.54, 1.807) is 18.3 Å². The van der Waals surface area contributed by atoms with E-state index in [4.69, 9.17) is 9.15 Å². The third-order valence-corrected chi connectivity index (χ3v) is 4.82. The van der Waals surface area contributed by atoms with Crippen molar-refractivity contribution in [3.05, 3.63) is 102 Å². The monoisotopic (exact) mass is 415 g/mol. The number of carbonyl (C=O) groups is 1. The zero-order valence-electron chi connectivity index (χ0n) is 17.5. The first kappa shape index (κ1) is 20.5. The van der Waals surface area contributed by atoms with Gasteiger partial charge in [-0.2, -0.15) is 5.10 Å². The number of hydrogen-bond donors (Lipinski definition) is 1. The summed E-state index contributed by atoms with van der Waals surface area (Å²) < 4.78 is 13.3. The molecule has 0 bridgehead atoms. The van der Waals surface area contributed by atoms with E-state index in [0.29, 0.717) is 18.0 Å². The number of aromatic nitrogens is 2. The molecule has 2 heterocycles. The quantitative estimate of drug-likeness (QED) is 0.402. The maximum Gasteiger partial charge on any atom is 0.291 e. The lowest BCUT2D eigenvalue weighted by molar-refractivity contribution is 0.0992. The van der Waals surface area contributed by atoms with E-state index in [1.807, 2.05) is 53.3 Å². The van der Waals surface area contributed by atoms with Gasteiger partial charge in [-0.1, -0.05) is 37.6 Å². The highest BCUT2D eigenvalue weighted by Gasteiger charge is 2.12. The largest absolute Gasteiger partial charge is 0.486 e. The minimum Gasteiger partial charge on any atom is -0.486 e. The molecule has 158 valence electrons. The van der Waals surface area contributed by atoms with Gasteiger partial charge in [0.1, 0.15) is 18.1 Å². The first-order chi connectivity index (χ1) is 15.2. The van der Waals surface area contributed by atoms with E-state index >= 15 is 0 Å². The molecule has 0 radical (unpaired) electrons. The van der Waals surface area contributed by atoms with Crippen LogP contribution >= 0.6 is 0 Å². The standard InChI is InChI=1S/C25H25N3O3/c1-2-5-19-8-10-22(11-9-19)30-18-23-12-13-24(31-23)25(29)27-21-7-3-6-20(16-21)17-28-15-4-14-26-28/h3-4,6-16H,2,5,17-18H2,1H3,(H,27,29). The van der Waals surface area contributed by atoms with Crippen molar-refractivity contribution in [3.8, 4) is 5.75 Å². The van der Waals surface area contributed by atoms with Crippen LogP contribution in [-0.4, -0.2) is 15.7 Å². The maximum absolute atomic E-state index is 12.6. The number of hydrogen-bond acceptors (Lipinski definition) is 4. The van der Waals surface area contributed by atoms with E-state index in [-0.39, 0.29) is 18.3 Å². The molecule has 31 heavy (non-hydrogen) atoms. The lowest BCUT2D eigenvalue weighted by Gasteiger charge is -2.07. The van der Waals surface area contributed by atoms with E-state index in [0.717, 1.165) is 24.2 Å². The van der Waals surface area contributed by atoms with Gasteiger partial charge in [-0.15, -0.1) is 0 Å². The highest BCUT2D eigenvalue weighted by atomic mass is 16.5. The van der Waals surface area contributed by atoms with Gasteiger partial charge in [0.15, 0.2) is 5.76 Å². The summed E-state index contributed by atoms with van der Waals surface area (Å²) >= 11 is 0. The van der Waals surface area contributed by atoms with Crippen molar-refractivity contribution in [1.29, 1.82) is 0 Å². The molecule has 0 atom stereocenters. The fourth-order valence-electron chi connectivity index (χ4n) is 3.29. The smallest absolute Gasteiger partial charge is 0.291 e. The number of nitrogens with zero attached hydrogens (tertiary/aromatic N) is 2. The Labute approximate surface area is 181 Å². The molecule has 0 aliphatic rings. The third kappa shape index (κ3) is 5.63. The van der Waals surface area contributed by atoms with Crippen molar-refractivity contribution < 1.29 is 13.9 Å². The predicted octanol–water partition coefficient (Wildman–Crippen LogP) is 5.31. The van der Waals surface area contributed by atoms with E-state index in [9.17, 15) is 4.79 Å². The van der Waals surface area contributed by atoms with Crippen LogP contribution in [-0.2, 0) is 19.6 Å². The van der Waals surface area contributed by atoms with Crippen LogP contribution in [0.25, 0.3) is 0 Å². The second-order valence-electron chi connectivity index (χ2n) is 7.31. The number of carbonyl (C=O) groups excluding carboxylic acids is 1. The van der Waals surface area contributed by atoms with Gasteiger partial charge in [-0.05, 0) is 60.0 Å². The third-order valence-electron chi connectivity index (χ3n) is 4.82. The molecule has 0 fully saturated rings. The number of rotatable bonds is 9. The molecule has 0 spiro atoms. The molecule has 0 unspecified atom stereocenters. The lowest BCUT2D eigenvalue weighted by Crippen LogP contribution is -2.11. The summed E-state index contributed by atoms with van der Waals surface area (Å²) in [7, 11) is 0. The highest BCUT2D eigenvalue weighted by molar-refractivity contribution is 6.02. The minimum atomic E-state index is -0.300. The second kappa shape index (κ2) is 9.80. The summed E-state index contributed by atoms with van der Waals surface area (Å²) in [5.41, 5.74) is 3.04. The van der Waals surface area contributed by atoms with Crippen LogP contribution in [0.3, 0.4) is 0 Å². The van der Waals surface area contributed by atoms with Crippen LogP contribution in [0.1, 0.15) is 40.8 Å². The Morgan fingerprint density at radius 2 is 1.94 bits per heavy atom. The number of ether oxygens (including phenoxy) is 1. The molecular formula is C25H25N3O3. The van der Waals surface area contributed by atoms with Gasteiger partial charge < -0.3 is 14.5 Å². The Bertz CT molecular complexity index is 1120. The fraction of sp³-hybridized carbons (Fsp3) is 0.200.